The first-order chi connectivity index (χ1) is 13.1. The minimum Gasteiger partial charge on any atom is -0.443 e. The minimum atomic E-state index is -0.789. The second-order valence-electron chi connectivity index (χ2n) is 7.25. The predicted octanol–water partition coefficient (Wildman–Crippen LogP) is 3.41. The maximum atomic E-state index is 12.8. The lowest BCUT2D eigenvalue weighted by Crippen LogP contribution is -2.38. The molecule has 1 fully saturated rings. The lowest BCUT2D eigenvalue weighted by atomic mass is 9.85. The lowest BCUT2D eigenvalue weighted by Gasteiger charge is -2.30. The van der Waals surface area contributed by atoms with Crippen LogP contribution in [0.2, 0.25) is 0 Å². The summed E-state index contributed by atoms with van der Waals surface area (Å²) in [5.41, 5.74) is 3.25. The number of rotatable bonds is 5. The highest BCUT2D eigenvalue weighted by Crippen LogP contribution is 2.41. The van der Waals surface area contributed by atoms with Gasteiger partial charge in [-0.1, -0.05) is 54.6 Å². The standard InChI is InChI=1S/C22H23NO4/c24-17(12-10-15-6-2-1-3-7-15)14-20(25)23-21-18-9-5-4-8-16(18)11-13-19(21)27-22(23)26/h1-9,17,19,21,24H,10-14H2/t17-,19+,21+/m1/s1. The van der Waals surface area contributed by atoms with Gasteiger partial charge in [-0.05, 0) is 42.4 Å². The number of fused-ring (bicyclic) bond motifs is 3. The Morgan fingerprint density at radius 3 is 2.70 bits per heavy atom. The first kappa shape index (κ1) is 17.7. The molecule has 5 nitrogen and oxygen atoms in total. The van der Waals surface area contributed by atoms with E-state index in [9.17, 15) is 14.7 Å². The molecular formula is C22H23NO4. The number of hydrogen-bond acceptors (Lipinski definition) is 4. The van der Waals surface area contributed by atoms with Crippen LogP contribution in [0.3, 0.4) is 0 Å². The fourth-order valence-corrected chi connectivity index (χ4v) is 4.07. The fourth-order valence-electron chi connectivity index (χ4n) is 4.07. The number of aryl methyl sites for hydroxylation is 2. The minimum absolute atomic E-state index is 0.0761. The first-order valence-electron chi connectivity index (χ1n) is 9.46. The van der Waals surface area contributed by atoms with E-state index < -0.39 is 12.2 Å². The third-order valence-corrected chi connectivity index (χ3v) is 5.44. The summed E-state index contributed by atoms with van der Waals surface area (Å²) in [6.07, 6.45) is 0.967. The van der Waals surface area contributed by atoms with Gasteiger partial charge < -0.3 is 9.84 Å². The fraction of sp³-hybridized carbons (Fsp3) is 0.364. The van der Waals surface area contributed by atoms with Crippen molar-refractivity contribution in [2.75, 3.05) is 0 Å². The SMILES string of the molecule is O=C(C[C@H](O)CCc1ccccc1)N1C(=O)O[C@H]2CCc3ccccc3[C@@H]21. The summed E-state index contributed by atoms with van der Waals surface area (Å²) >= 11 is 0. The van der Waals surface area contributed by atoms with Crippen LogP contribution in [0.4, 0.5) is 4.79 Å². The van der Waals surface area contributed by atoms with Crippen molar-refractivity contribution < 1.29 is 19.4 Å². The van der Waals surface area contributed by atoms with Crippen LogP contribution >= 0.6 is 0 Å². The Morgan fingerprint density at radius 1 is 1.15 bits per heavy atom. The van der Waals surface area contributed by atoms with Gasteiger partial charge in [-0.2, -0.15) is 0 Å². The monoisotopic (exact) mass is 365 g/mol. The largest absolute Gasteiger partial charge is 0.443 e. The molecule has 0 radical (unpaired) electrons. The molecule has 4 rings (SSSR count). The van der Waals surface area contributed by atoms with Gasteiger partial charge in [0.1, 0.15) is 12.1 Å². The van der Waals surface area contributed by atoms with Crippen molar-refractivity contribution in [1.82, 2.24) is 4.90 Å². The summed E-state index contributed by atoms with van der Waals surface area (Å²) in [6.45, 7) is 0. The van der Waals surface area contributed by atoms with E-state index in [1.54, 1.807) is 0 Å². The molecule has 1 heterocycles. The maximum Gasteiger partial charge on any atom is 0.417 e. The van der Waals surface area contributed by atoms with Crippen LogP contribution in [0.15, 0.2) is 54.6 Å². The number of imide groups is 1. The van der Waals surface area contributed by atoms with E-state index in [1.165, 1.54) is 4.90 Å². The van der Waals surface area contributed by atoms with Gasteiger partial charge in [0.2, 0.25) is 5.91 Å². The summed E-state index contributed by atoms with van der Waals surface area (Å²) in [7, 11) is 0. The molecule has 1 aliphatic heterocycles. The van der Waals surface area contributed by atoms with Gasteiger partial charge >= 0.3 is 6.09 Å². The van der Waals surface area contributed by atoms with Gasteiger partial charge in [0.05, 0.1) is 12.5 Å². The molecule has 5 heteroatoms. The smallest absolute Gasteiger partial charge is 0.417 e. The maximum absolute atomic E-state index is 12.8. The number of carbonyl (C=O) groups excluding carboxylic acids is 2. The summed E-state index contributed by atoms with van der Waals surface area (Å²) in [5, 5.41) is 10.3. The van der Waals surface area contributed by atoms with Gasteiger partial charge in [0, 0.05) is 0 Å². The van der Waals surface area contributed by atoms with Crippen molar-refractivity contribution in [3.8, 4) is 0 Å². The molecule has 1 aliphatic carbocycles. The van der Waals surface area contributed by atoms with Crippen LogP contribution < -0.4 is 0 Å². The molecule has 0 spiro atoms. The van der Waals surface area contributed by atoms with Crippen LogP contribution in [-0.2, 0) is 22.4 Å². The Labute approximate surface area is 158 Å². The number of nitrogens with zero attached hydrogens (tertiary/aromatic N) is 1. The highest BCUT2D eigenvalue weighted by molar-refractivity contribution is 5.94. The van der Waals surface area contributed by atoms with Crippen LogP contribution in [0, 0.1) is 0 Å². The molecule has 1 N–H and O–H groups in total. The van der Waals surface area contributed by atoms with Gasteiger partial charge in [-0.15, -0.1) is 0 Å². The molecule has 0 unspecified atom stereocenters. The average molecular weight is 365 g/mol. The quantitative estimate of drug-likeness (QED) is 0.882. The van der Waals surface area contributed by atoms with Crippen molar-refractivity contribution in [3.05, 3.63) is 71.3 Å². The number of benzene rings is 2. The van der Waals surface area contributed by atoms with E-state index >= 15 is 0 Å². The number of aliphatic hydroxyl groups is 1. The van der Waals surface area contributed by atoms with Gasteiger partial charge in [0.15, 0.2) is 0 Å². The topological polar surface area (TPSA) is 66.8 Å². The van der Waals surface area contributed by atoms with Crippen molar-refractivity contribution >= 4 is 12.0 Å². The third-order valence-electron chi connectivity index (χ3n) is 5.44. The Morgan fingerprint density at radius 2 is 1.89 bits per heavy atom. The molecule has 2 aliphatic rings. The van der Waals surface area contributed by atoms with Crippen molar-refractivity contribution in [1.29, 1.82) is 0 Å². The molecule has 1 saturated heterocycles. The molecule has 140 valence electrons. The molecule has 0 aromatic heterocycles. The van der Waals surface area contributed by atoms with E-state index in [-0.39, 0.29) is 24.5 Å². The zero-order chi connectivity index (χ0) is 18.8. The Kier molecular flexibility index (Phi) is 4.94. The normalized spacial score (nSPS) is 22.0. The summed E-state index contributed by atoms with van der Waals surface area (Å²) in [4.78, 5) is 26.4. The zero-order valence-electron chi connectivity index (χ0n) is 15.1. The molecule has 3 atom stereocenters. The average Bonchev–Trinajstić information content (AvgIpc) is 3.03. The summed E-state index contributed by atoms with van der Waals surface area (Å²) < 4.78 is 5.45. The van der Waals surface area contributed by atoms with Crippen LogP contribution in [-0.4, -0.2) is 34.2 Å². The highest BCUT2D eigenvalue weighted by atomic mass is 16.6. The van der Waals surface area contributed by atoms with Crippen molar-refractivity contribution in [2.45, 2.75) is 50.4 Å². The molecular weight excluding hydrogens is 342 g/mol. The predicted molar refractivity (Wildman–Crippen MR) is 100 cm³/mol. The van der Waals surface area contributed by atoms with Crippen molar-refractivity contribution in [2.24, 2.45) is 0 Å². The van der Waals surface area contributed by atoms with E-state index in [4.69, 9.17) is 4.74 Å². The molecule has 2 amide bonds. The number of hydrogen-bond donors (Lipinski definition) is 1. The lowest BCUT2D eigenvalue weighted by molar-refractivity contribution is -0.131. The zero-order valence-corrected chi connectivity index (χ0v) is 15.1. The Hall–Kier alpha value is -2.66. The van der Waals surface area contributed by atoms with Gasteiger partial charge in [-0.3, -0.25) is 4.79 Å². The Balaban J connectivity index is 1.44. The first-order valence-corrected chi connectivity index (χ1v) is 9.46. The van der Waals surface area contributed by atoms with Crippen LogP contribution in [0.25, 0.3) is 0 Å². The summed E-state index contributed by atoms with van der Waals surface area (Å²) in [5.74, 6) is -0.371. The molecule has 0 bridgehead atoms. The number of aliphatic hydroxyl groups excluding tert-OH is 1. The molecule has 2 aromatic carbocycles. The van der Waals surface area contributed by atoms with Crippen molar-refractivity contribution in [3.63, 3.8) is 0 Å². The van der Waals surface area contributed by atoms with E-state index in [0.29, 0.717) is 19.3 Å². The van der Waals surface area contributed by atoms with Crippen LogP contribution in [0.1, 0.15) is 42.0 Å². The number of ether oxygens (including phenoxy) is 1. The van der Waals surface area contributed by atoms with Gasteiger partial charge in [0.25, 0.3) is 0 Å². The second-order valence-corrected chi connectivity index (χ2v) is 7.25. The molecule has 0 saturated carbocycles. The van der Waals surface area contributed by atoms with E-state index in [2.05, 4.69) is 0 Å². The number of amides is 2. The third kappa shape index (κ3) is 3.60. The molecule has 2 aromatic rings. The molecule has 27 heavy (non-hydrogen) atoms. The summed E-state index contributed by atoms with van der Waals surface area (Å²) in [6, 6.07) is 17.3. The van der Waals surface area contributed by atoms with Crippen LogP contribution in [0.5, 0.6) is 0 Å². The van der Waals surface area contributed by atoms with Gasteiger partial charge in [-0.25, -0.2) is 9.69 Å². The highest BCUT2D eigenvalue weighted by Gasteiger charge is 2.48. The Bertz CT molecular complexity index is 835. The van der Waals surface area contributed by atoms with E-state index in [0.717, 1.165) is 23.1 Å². The van der Waals surface area contributed by atoms with E-state index in [1.807, 2.05) is 54.6 Å². The number of carbonyl (C=O) groups is 2. The second kappa shape index (κ2) is 7.53.